The van der Waals surface area contributed by atoms with Crippen LogP contribution in [-0.2, 0) is 4.74 Å². The van der Waals surface area contributed by atoms with E-state index in [4.69, 9.17) is 20.3 Å². The molecule has 2 rings (SSSR count). The van der Waals surface area contributed by atoms with Crippen LogP contribution in [0, 0.1) is 23.7 Å². The fraction of sp³-hybridized carbons (Fsp3) is 0.500. The molecule has 5 nitrogen and oxygen atoms in total. The lowest BCUT2D eigenvalue weighted by Gasteiger charge is -2.28. The third-order valence-corrected chi connectivity index (χ3v) is 3.99. The summed E-state index contributed by atoms with van der Waals surface area (Å²) in [5, 5.41) is 16.2. The van der Waals surface area contributed by atoms with E-state index < -0.39 is 0 Å². The molecule has 1 aliphatic heterocycles. The molecule has 0 atom stereocenters. The van der Waals surface area contributed by atoms with Gasteiger partial charge in [0.25, 0.3) is 0 Å². The molecule has 0 unspecified atom stereocenters. The van der Waals surface area contributed by atoms with E-state index in [9.17, 15) is 0 Å². The van der Waals surface area contributed by atoms with Gasteiger partial charge >= 0.3 is 0 Å². The lowest BCUT2D eigenvalue weighted by Crippen LogP contribution is -2.34. The summed E-state index contributed by atoms with van der Waals surface area (Å²) in [4.78, 5) is 2.25. The molecule has 2 N–H and O–H groups in total. The summed E-state index contributed by atoms with van der Waals surface area (Å²) in [6, 6.07) is 5.53. The summed E-state index contributed by atoms with van der Waals surface area (Å²) in [6.45, 7) is 3.87. The number of nitrogens with zero attached hydrogens (tertiary/aromatic N) is 1. The van der Waals surface area contributed by atoms with Crippen molar-refractivity contribution >= 4 is 11.8 Å². The highest BCUT2D eigenvalue weighted by Gasteiger charge is 2.23. The second-order valence-corrected chi connectivity index (χ2v) is 5.55. The van der Waals surface area contributed by atoms with Crippen LogP contribution in [0.2, 0.25) is 0 Å². The number of hydrogen-bond donors (Lipinski definition) is 2. The summed E-state index contributed by atoms with van der Waals surface area (Å²) in [7, 11) is 3.68. The van der Waals surface area contributed by atoms with Crippen LogP contribution in [0.4, 0.5) is 0 Å². The molecule has 1 saturated heterocycles. The minimum Gasteiger partial charge on any atom is -0.497 e. The maximum absolute atomic E-state index is 8.10. The molecule has 1 fully saturated rings. The first-order valence-corrected chi connectivity index (χ1v) is 7.19. The Morgan fingerprint density at radius 2 is 1.90 bits per heavy atom. The highest BCUT2D eigenvalue weighted by molar-refractivity contribution is 6.00. The van der Waals surface area contributed by atoms with Crippen LogP contribution in [0.1, 0.15) is 24.0 Å². The molecule has 21 heavy (non-hydrogen) atoms. The Labute approximate surface area is 125 Å². The Kier molecular flexibility index (Phi) is 4.96. The average molecular weight is 289 g/mol. The van der Waals surface area contributed by atoms with Crippen molar-refractivity contribution in [2.45, 2.75) is 19.8 Å². The minimum absolute atomic E-state index is 0.0235. The molecule has 0 radical (unpaired) electrons. The molecule has 114 valence electrons. The molecule has 0 aromatic heterocycles. The number of nitrogens with one attached hydrogen (secondary N) is 2. The van der Waals surface area contributed by atoms with Crippen LogP contribution in [0.15, 0.2) is 18.2 Å². The first kappa shape index (κ1) is 15.5. The van der Waals surface area contributed by atoms with Gasteiger partial charge in [-0.05, 0) is 57.6 Å². The highest BCUT2D eigenvalue weighted by Crippen LogP contribution is 2.21. The quantitative estimate of drug-likeness (QED) is 0.664. The summed E-state index contributed by atoms with van der Waals surface area (Å²) in [6.07, 6.45) is 1.83. The zero-order valence-corrected chi connectivity index (χ0v) is 12.9. The minimum atomic E-state index is 0.0235. The zero-order chi connectivity index (χ0) is 15.4. The lowest BCUT2D eigenvalue weighted by molar-refractivity contribution is 0.240. The average Bonchev–Trinajstić information content (AvgIpc) is 2.48. The van der Waals surface area contributed by atoms with Crippen molar-refractivity contribution in [2.75, 3.05) is 27.2 Å². The predicted molar refractivity (Wildman–Crippen MR) is 83.6 cm³/mol. The predicted octanol–water partition coefficient (Wildman–Crippen LogP) is 2.66. The van der Waals surface area contributed by atoms with Gasteiger partial charge in [-0.15, -0.1) is 0 Å². The monoisotopic (exact) mass is 289 g/mol. The topological polar surface area (TPSA) is 69.4 Å². The zero-order valence-electron chi connectivity index (χ0n) is 12.9. The molecular weight excluding hydrogens is 266 g/mol. The fourth-order valence-electron chi connectivity index (χ4n) is 2.49. The lowest BCUT2D eigenvalue weighted by atomic mass is 9.97. The van der Waals surface area contributed by atoms with Crippen molar-refractivity contribution in [3.63, 3.8) is 0 Å². The molecule has 0 saturated carbocycles. The Bertz CT molecular complexity index is 534. The Hall–Kier alpha value is -1.88. The third kappa shape index (κ3) is 3.82. The van der Waals surface area contributed by atoms with Gasteiger partial charge in [0.2, 0.25) is 5.90 Å². The van der Waals surface area contributed by atoms with Crippen LogP contribution >= 0.6 is 0 Å². The van der Waals surface area contributed by atoms with Crippen molar-refractivity contribution < 1.29 is 9.47 Å². The second-order valence-electron chi connectivity index (χ2n) is 5.55. The standard InChI is InChI=1S/C16H23N3O2/c1-11-4-5-13(20-3)10-14(11)16(18)21-15(17)12-6-8-19(2)9-7-12/h4-5,10,12,17-18H,6-9H2,1-3H3. The molecule has 0 amide bonds. The highest BCUT2D eigenvalue weighted by atomic mass is 16.5. The molecule has 0 bridgehead atoms. The van der Waals surface area contributed by atoms with Crippen LogP contribution in [-0.4, -0.2) is 43.9 Å². The van der Waals surface area contributed by atoms with E-state index in [1.165, 1.54) is 0 Å². The van der Waals surface area contributed by atoms with Gasteiger partial charge < -0.3 is 14.4 Å². The van der Waals surface area contributed by atoms with Gasteiger partial charge in [-0.2, -0.15) is 0 Å². The van der Waals surface area contributed by atoms with Crippen molar-refractivity contribution in [1.82, 2.24) is 4.90 Å². The van der Waals surface area contributed by atoms with Gasteiger partial charge in [0.15, 0.2) is 5.90 Å². The maximum Gasteiger partial charge on any atom is 0.221 e. The summed E-state index contributed by atoms with van der Waals surface area (Å²) in [5.74, 6) is 1.04. The molecule has 5 heteroatoms. The van der Waals surface area contributed by atoms with Crippen LogP contribution < -0.4 is 4.74 Å². The summed E-state index contributed by atoms with van der Waals surface area (Å²) in [5.41, 5.74) is 1.61. The number of likely N-dealkylation sites (tertiary alicyclic amines) is 1. The van der Waals surface area contributed by atoms with E-state index in [1.807, 2.05) is 19.1 Å². The van der Waals surface area contributed by atoms with Crippen molar-refractivity contribution in [2.24, 2.45) is 5.92 Å². The van der Waals surface area contributed by atoms with Crippen molar-refractivity contribution in [1.29, 1.82) is 10.8 Å². The first-order chi connectivity index (χ1) is 10.0. The van der Waals surface area contributed by atoms with E-state index in [0.29, 0.717) is 11.3 Å². The van der Waals surface area contributed by atoms with E-state index in [1.54, 1.807) is 13.2 Å². The van der Waals surface area contributed by atoms with Gasteiger partial charge in [0, 0.05) is 11.5 Å². The van der Waals surface area contributed by atoms with E-state index in [0.717, 1.165) is 31.5 Å². The number of hydrogen-bond acceptors (Lipinski definition) is 5. The number of aryl methyl sites for hydroxylation is 1. The van der Waals surface area contributed by atoms with Gasteiger partial charge in [-0.25, -0.2) is 0 Å². The van der Waals surface area contributed by atoms with Crippen molar-refractivity contribution in [3.8, 4) is 5.75 Å². The molecular formula is C16H23N3O2. The molecule has 1 aromatic rings. The summed E-state index contributed by atoms with van der Waals surface area (Å²) >= 11 is 0. The maximum atomic E-state index is 8.10. The third-order valence-electron chi connectivity index (χ3n) is 3.99. The molecule has 1 aliphatic rings. The number of benzene rings is 1. The number of piperidine rings is 1. The Morgan fingerprint density at radius 3 is 2.52 bits per heavy atom. The number of methoxy groups -OCH3 is 1. The van der Waals surface area contributed by atoms with Gasteiger partial charge in [0.1, 0.15) is 5.75 Å². The Balaban J connectivity index is 2.02. The first-order valence-electron chi connectivity index (χ1n) is 7.19. The van der Waals surface area contributed by atoms with E-state index in [-0.39, 0.29) is 17.7 Å². The van der Waals surface area contributed by atoms with Crippen LogP contribution in [0.5, 0.6) is 5.75 Å². The van der Waals surface area contributed by atoms with Crippen LogP contribution in [0.3, 0.4) is 0 Å². The molecule has 1 aromatic carbocycles. The Morgan fingerprint density at radius 1 is 1.24 bits per heavy atom. The fourth-order valence-corrected chi connectivity index (χ4v) is 2.49. The number of rotatable bonds is 3. The molecule has 0 spiro atoms. The van der Waals surface area contributed by atoms with Gasteiger partial charge in [-0.3, -0.25) is 10.8 Å². The number of ether oxygens (including phenoxy) is 2. The van der Waals surface area contributed by atoms with Gasteiger partial charge in [0.05, 0.1) is 7.11 Å². The van der Waals surface area contributed by atoms with Gasteiger partial charge in [-0.1, -0.05) is 6.07 Å². The van der Waals surface area contributed by atoms with Crippen molar-refractivity contribution in [3.05, 3.63) is 29.3 Å². The van der Waals surface area contributed by atoms with E-state index in [2.05, 4.69) is 11.9 Å². The largest absolute Gasteiger partial charge is 0.497 e. The van der Waals surface area contributed by atoms with E-state index >= 15 is 0 Å². The van der Waals surface area contributed by atoms with Crippen LogP contribution in [0.25, 0.3) is 0 Å². The second kappa shape index (κ2) is 6.72. The normalized spacial score (nSPS) is 16.5. The molecule has 1 heterocycles. The smallest absolute Gasteiger partial charge is 0.221 e. The SMILES string of the molecule is COc1ccc(C)c(C(=N)OC(=N)C2CCN(C)CC2)c1. The molecule has 0 aliphatic carbocycles. The summed E-state index contributed by atoms with van der Waals surface area (Å²) < 4.78 is 10.7.